The van der Waals surface area contributed by atoms with Crippen LogP contribution in [0.25, 0.3) is 0 Å². The van der Waals surface area contributed by atoms with E-state index >= 15 is 0 Å². The van der Waals surface area contributed by atoms with Crippen LogP contribution in [0, 0.1) is 11.8 Å². The lowest BCUT2D eigenvalue weighted by Crippen LogP contribution is -1.88. The number of carbonyl (C=O) groups is 1. The summed E-state index contributed by atoms with van der Waals surface area (Å²) < 4.78 is 5.11. The van der Waals surface area contributed by atoms with E-state index in [1.165, 1.54) is 57.4 Å². The van der Waals surface area contributed by atoms with Crippen LogP contribution < -0.4 is 0 Å². The second kappa shape index (κ2) is 16.8. The molecule has 0 fully saturated rings. The molecule has 0 rings (SSSR count). The lowest BCUT2D eigenvalue weighted by molar-refractivity contribution is -0.104. The van der Waals surface area contributed by atoms with Gasteiger partial charge >= 0.3 is 0 Å². The van der Waals surface area contributed by atoms with Crippen molar-refractivity contribution in [1.29, 1.82) is 0 Å². The van der Waals surface area contributed by atoms with Gasteiger partial charge in [0.15, 0.2) is 0 Å². The Bertz CT molecular complexity index is 320. The van der Waals surface area contributed by atoms with Crippen LogP contribution in [0.15, 0.2) is 11.8 Å². The summed E-state index contributed by atoms with van der Waals surface area (Å²) in [6.45, 7) is 2.24. The van der Waals surface area contributed by atoms with Crippen LogP contribution in [0.3, 0.4) is 0 Å². The molecule has 0 bridgehead atoms. The fourth-order valence-electron chi connectivity index (χ4n) is 2.19. The molecule has 0 heterocycles. The number of methoxy groups -OCH3 is 1. The van der Waals surface area contributed by atoms with Gasteiger partial charge in [0.05, 0.1) is 12.9 Å². The monoisotopic (exact) mass is 292 g/mol. The Balaban J connectivity index is 3.31. The normalized spacial score (nSPS) is 10.9. The van der Waals surface area contributed by atoms with Crippen molar-refractivity contribution in [2.45, 2.75) is 84.0 Å². The molecule has 0 N–H and O–H groups in total. The minimum Gasteiger partial charge on any atom is -0.501 e. The number of unbranched alkanes of at least 4 members (excludes halogenated alkanes) is 9. The Hall–Kier alpha value is -1.23. The van der Waals surface area contributed by atoms with Gasteiger partial charge < -0.3 is 4.74 Å². The molecule has 0 amide bonds. The van der Waals surface area contributed by atoms with Gasteiger partial charge in [-0.05, 0) is 19.3 Å². The first-order chi connectivity index (χ1) is 10.3. The second-order valence-electron chi connectivity index (χ2n) is 5.41. The smallest absolute Gasteiger partial charge is 0.146 e. The topological polar surface area (TPSA) is 26.3 Å². The van der Waals surface area contributed by atoms with Crippen LogP contribution in [-0.4, -0.2) is 13.4 Å². The van der Waals surface area contributed by atoms with Gasteiger partial charge in [0.1, 0.15) is 6.29 Å². The third-order valence-corrected chi connectivity index (χ3v) is 3.52. The average Bonchev–Trinajstić information content (AvgIpc) is 2.50. The first-order valence-corrected chi connectivity index (χ1v) is 8.49. The summed E-state index contributed by atoms with van der Waals surface area (Å²) in [7, 11) is 1.62. The number of carbonyl (C=O) groups excluding carboxylic acids is 1. The van der Waals surface area contributed by atoms with Crippen molar-refractivity contribution < 1.29 is 9.53 Å². The van der Waals surface area contributed by atoms with Crippen molar-refractivity contribution in [2.24, 2.45) is 0 Å². The molecule has 0 aliphatic heterocycles. The number of hydrogen-bond donors (Lipinski definition) is 0. The maximum atomic E-state index is 10.3. The third-order valence-electron chi connectivity index (χ3n) is 3.52. The maximum Gasteiger partial charge on any atom is 0.146 e. The van der Waals surface area contributed by atoms with E-state index < -0.39 is 0 Å². The van der Waals surface area contributed by atoms with Crippen LogP contribution in [0.1, 0.15) is 84.0 Å². The van der Waals surface area contributed by atoms with Gasteiger partial charge in [-0.25, -0.2) is 0 Å². The lowest BCUT2D eigenvalue weighted by atomic mass is 10.1. The Morgan fingerprint density at radius 2 is 1.48 bits per heavy atom. The van der Waals surface area contributed by atoms with Crippen molar-refractivity contribution in [3.8, 4) is 11.8 Å². The molecule has 0 spiro atoms. The zero-order valence-electron chi connectivity index (χ0n) is 14.0. The third kappa shape index (κ3) is 15.0. The summed E-state index contributed by atoms with van der Waals surface area (Å²) in [6, 6.07) is 0. The summed E-state index contributed by atoms with van der Waals surface area (Å²) in [5, 5.41) is 0. The van der Waals surface area contributed by atoms with Gasteiger partial charge in [0.25, 0.3) is 0 Å². The zero-order chi connectivity index (χ0) is 15.6. The van der Waals surface area contributed by atoms with Crippen molar-refractivity contribution in [2.75, 3.05) is 7.11 Å². The Morgan fingerprint density at radius 1 is 0.905 bits per heavy atom. The number of allylic oxidation sites excluding steroid dienone is 2. The molecule has 0 aromatic heterocycles. The Kier molecular flexibility index (Phi) is 15.8. The minimum absolute atomic E-state index is 0.791. The van der Waals surface area contributed by atoms with Crippen LogP contribution in [0.4, 0.5) is 0 Å². The van der Waals surface area contributed by atoms with Gasteiger partial charge in [-0.2, -0.15) is 0 Å². The standard InChI is InChI=1S/C19H32O2/c1-3-4-5-6-7-8-9-10-11-12-13-14-15-16-19(21-2)17-18-20/h17-18H,3-7,10-16H2,1-2H3/b19-17+. The highest BCUT2D eigenvalue weighted by Gasteiger charge is 1.96. The molecule has 0 aliphatic rings. The molecular weight excluding hydrogens is 260 g/mol. The van der Waals surface area contributed by atoms with E-state index in [1.54, 1.807) is 7.11 Å². The van der Waals surface area contributed by atoms with Crippen molar-refractivity contribution in [3.63, 3.8) is 0 Å². The van der Waals surface area contributed by atoms with Crippen LogP contribution >= 0.6 is 0 Å². The van der Waals surface area contributed by atoms with Gasteiger partial charge in [-0.3, -0.25) is 4.79 Å². The van der Waals surface area contributed by atoms with E-state index in [0.717, 1.165) is 37.7 Å². The number of hydrogen-bond acceptors (Lipinski definition) is 2. The van der Waals surface area contributed by atoms with E-state index in [1.807, 2.05) is 0 Å². The number of ether oxygens (including phenoxy) is 1. The van der Waals surface area contributed by atoms with E-state index in [4.69, 9.17) is 4.74 Å². The number of aldehydes is 1. The second-order valence-corrected chi connectivity index (χ2v) is 5.41. The average molecular weight is 292 g/mol. The molecule has 0 aromatic rings. The first kappa shape index (κ1) is 19.8. The molecule has 0 atom stereocenters. The van der Waals surface area contributed by atoms with Crippen molar-refractivity contribution in [3.05, 3.63) is 11.8 Å². The highest BCUT2D eigenvalue weighted by Crippen LogP contribution is 2.11. The highest BCUT2D eigenvalue weighted by atomic mass is 16.5. The molecule has 0 unspecified atom stereocenters. The van der Waals surface area contributed by atoms with Gasteiger partial charge in [0.2, 0.25) is 0 Å². The van der Waals surface area contributed by atoms with Crippen LogP contribution in [-0.2, 0) is 9.53 Å². The van der Waals surface area contributed by atoms with E-state index in [0.29, 0.717) is 0 Å². The summed E-state index contributed by atoms with van der Waals surface area (Å²) in [5.74, 6) is 7.35. The fourth-order valence-corrected chi connectivity index (χ4v) is 2.19. The van der Waals surface area contributed by atoms with E-state index in [2.05, 4.69) is 18.8 Å². The van der Waals surface area contributed by atoms with Crippen LogP contribution in [0.5, 0.6) is 0 Å². The highest BCUT2D eigenvalue weighted by molar-refractivity contribution is 5.65. The predicted octanol–water partition coefficient (Wildman–Crippen LogP) is 5.42. The van der Waals surface area contributed by atoms with Gasteiger partial charge in [-0.15, -0.1) is 11.8 Å². The molecule has 0 saturated carbocycles. The minimum atomic E-state index is 0.791. The van der Waals surface area contributed by atoms with Gasteiger partial charge in [-0.1, -0.05) is 45.4 Å². The molecule has 0 radical (unpaired) electrons. The quantitative estimate of drug-likeness (QED) is 0.149. The summed E-state index contributed by atoms with van der Waals surface area (Å²) in [5.41, 5.74) is 0. The summed E-state index contributed by atoms with van der Waals surface area (Å²) in [6.07, 6.45) is 16.5. The first-order valence-electron chi connectivity index (χ1n) is 8.49. The molecule has 0 aliphatic carbocycles. The summed E-state index contributed by atoms with van der Waals surface area (Å²) >= 11 is 0. The largest absolute Gasteiger partial charge is 0.501 e. The Labute approximate surface area is 131 Å². The zero-order valence-corrected chi connectivity index (χ0v) is 14.0. The molecule has 2 heteroatoms. The van der Waals surface area contributed by atoms with Gasteiger partial charge in [0, 0.05) is 25.3 Å². The molecule has 0 saturated heterocycles. The van der Waals surface area contributed by atoms with E-state index in [-0.39, 0.29) is 0 Å². The molecule has 21 heavy (non-hydrogen) atoms. The fraction of sp³-hybridized carbons (Fsp3) is 0.737. The maximum absolute atomic E-state index is 10.3. The van der Waals surface area contributed by atoms with E-state index in [9.17, 15) is 4.79 Å². The SMILES string of the molecule is CCCCCCC#CCCCCCCC/C(=C\C=O)OC. The molecule has 0 aromatic carbocycles. The number of rotatable bonds is 13. The lowest BCUT2D eigenvalue weighted by Gasteiger charge is -2.04. The van der Waals surface area contributed by atoms with Crippen molar-refractivity contribution >= 4 is 6.29 Å². The Morgan fingerprint density at radius 3 is 2.05 bits per heavy atom. The summed E-state index contributed by atoms with van der Waals surface area (Å²) in [4.78, 5) is 10.3. The van der Waals surface area contributed by atoms with Crippen molar-refractivity contribution in [1.82, 2.24) is 0 Å². The molecule has 120 valence electrons. The molecule has 2 nitrogen and oxygen atoms in total. The van der Waals surface area contributed by atoms with Crippen LogP contribution in [0.2, 0.25) is 0 Å². The predicted molar refractivity (Wildman–Crippen MR) is 90.0 cm³/mol. The molecular formula is C19H32O2.